The molecule has 1 aromatic heterocycles. The van der Waals surface area contributed by atoms with Crippen molar-refractivity contribution in [3.05, 3.63) is 34.7 Å². The summed E-state index contributed by atoms with van der Waals surface area (Å²) in [5.74, 6) is 0.228. The second-order valence-electron chi connectivity index (χ2n) is 8.78. The Morgan fingerprint density at radius 3 is 2.45 bits per heavy atom. The summed E-state index contributed by atoms with van der Waals surface area (Å²) in [7, 11) is 0. The predicted octanol–water partition coefficient (Wildman–Crippen LogP) is 4.20. The summed E-state index contributed by atoms with van der Waals surface area (Å²) < 4.78 is 1.87. The van der Waals surface area contributed by atoms with Gasteiger partial charge in [-0.15, -0.1) is 0 Å². The van der Waals surface area contributed by atoms with E-state index in [4.69, 9.17) is 0 Å². The van der Waals surface area contributed by atoms with Gasteiger partial charge in [-0.1, -0.05) is 11.1 Å². The lowest BCUT2D eigenvalue weighted by molar-refractivity contribution is -0.131. The Morgan fingerprint density at radius 1 is 1.03 bits per heavy atom. The number of carbonyl (C=O) groups excluding carboxylic acids is 2. The molecule has 1 atom stereocenters. The number of amides is 2. The fraction of sp³-hybridized carbons (Fsp3) is 0.609. The van der Waals surface area contributed by atoms with Gasteiger partial charge in [0.1, 0.15) is 0 Å². The lowest BCUT2D eigenvalue weighted by Gasteiger charge is -2.36. The molecule has 2 aliphatic carbocycles. The van der Waals surface area contributed by atoms with E-state index in [2.05, 4.69) is 22.2 Å². The van der Waals surface area contributed by atoms with E-state index in [1.54, 1.807) is 6.20 Å². The molecule has 0 aromatic carbocycles. The molecule has 29 heavy (non-hydrogen) atoms. The fourth-order valence-corrected chi connectivity index (χ4v) is 4.97. The normalized spacial score (nSPS) is 22.6. The molecular weight excluding hydrogens is 364 g/mol. The molecule has 1 N–H and O–H groups in total. The Labute approximate surface area is 173 Å². The fourth-order valence-electron chi connectivity index (χ4n) is 4.97. The first-order chi connectivity index (χ1) is 14.0. The van der Waals surface area contributed by atoms with Crippen LogP contribution in [-0.4, -0.2) is 39.1 Å². The molecule has 0 radical (unpaired) electrons. The van der Waals surface area contributed by atoms with Gasteiger partial charge in [0.15, 0.2) is 0 Å². The van der Waals surface area contributed by atoms with E-state index in [0.717, 1.165) is 81.2 Å². The largest absolute Gasteiger partial charge is 0.334 e. The van der Waals surface area contributed by atoms with Crippen molar-refractivity contribution in [3.8, 4) is 0 Å². The van der Waals surface area contributed by atoms with Crippen molar-refractivity contribution in [2.75, 3.05) is 11.9 Å². The first-order valence-corrected chi connectivity index (χ1v) is 11.0. The molecule has 3 aliphatic rings. The van der Waals surface area contributed by atoms with Gasteiger partial charge in [0.25, 0.3) is 5.91 Å². The summed E-state index contributed by atoms with van der Waals surface area (Å²) in [6, 6.07) is 0.167. The zero-order valence-corrected chi connectivity index (χ0v) is 17.7. The zero-order chi connectivity index (χ0) is 20.4. The Morgan fingerprint density at radius 2 is 1.76 bits per heavy atom. The van der Waals surface area contributed by atoms with Gasteiger partial charge in [-0.05, 0) is 71.6 Å². The molecule has 2 amide bonds. The molecule has 4 rings (SSSR count). The van der Waals surface area contributed by atoms with Gasteiger partial charge in [0.05, 0.1) is 24.5 Å². The summed E-state index contributed by atoms with van der Waals surface area (Å²) in [6.45, 7) is 5.65. The molecule has 6 nitrogen and oxygen atoms in total. The summed E-state index contributed by atoms with van der Waals surface area (Å²) >= 11 is 0. The number of anilines is 1. The molecule has 1 aromatic rings. The van der Waals surface area contributed by atoms with Crippen LogP contribution in [0.5, 0.6) is 0 Å². The van der Waals surface area contributed by atoms with Crippen molar-refractivity contribution in [1.29, 1.82) is 0 Å². The SMILES string of the molecule is CC1=C(C(=O)Nc2cnn(CC3CCCCN3C(=O)C3=C(C)CCC3)c2)CCC1. The molecule has 6 heteroatoms. The quantitative estimate of drug-likeness (QED) is 0.811. The third-order valence-electron chi connectivity index (χ3n) is 6.70. The van der Waals surface area contributed by atoms with E-state index in [1.165, 1.54) is 11.1 Å². The van der Waals surface area contributed by atoms with Crippen molar-refractivity contribution in [2.24, 2.45) is 0 Å². The van der Waals surface area contributed by atoms with Crippen LogP contribution in [0.3, 0.4) is 0 Å². The molecular formula is C23H32N4O2. The van der Waals surface area contributed by atoms with Crippen molar-refractivity contribution in [3.63, 3.8) is 0 Å². The zero-order valence-electron chi connectivity index (χ0n) is 17.7. The number of nitrogens with zero attached hydrogens (tertiary/aromatic N) is 3. The Balaban J connectivity index is 1.41. The summed E-state index contributed by atoms with van der Waals surface area (Å²) in [5.41, 5.74) is 5.14. The number of nitrogens with one attached hydrogen (secondary N) is 1. The number of likely N-dealkylation sites (tertiary alicyclic amines) is 1. The van der Waals surface area contributed by atoms with Crippen molar-refractivity contribution in [2.45, 2.75) is 84.2 Å². The van der Waals surface area contributed by atoms with Crippen molar-refractivity contribution >= 4 is 17.5 Å². The summed E-state index contributed by atoms with van der Waals surface area (Å²) in [5, 5.41) is 7.44. The Kier molecular flexibility index (Phi) is 5.88. The number of allylic oxidation sites excluding steroid dienone is 2. The van der Waals surface area contributed by atoms with E-state index in [1.807, 2.05) is 17.8 Å². The monoisotopic (exact) mass is 396 g/mol. The highest BCUT2D eigenvalue weighted by molar-refractivity contribution is 6.04. The van der Waals surface area contributed by atoms with Crippen LogP contribution >= 0.6 is 0 Å². The molecule has 156 valence electrons. The van der Waals surface area contributed by atoms with E-state index >= 15 is 0 Å². The highest BCUT2D eigenvalue weighted by Gasteiger charge is 2.31. The van der Waals surface area contributed by atoms with E-state index in [0.29, 0.717) is 6.54 Å². The highest BCUT2D eigenvalue weighted by atomic mass is 16.2. The van der Waals surface area contributed by atoms with Gasteiger partial charge in [0, 0.05) is 23.9 Å². The maximum absolute atomic E-state index is 13.1. The van der Waals surface area contributed by atoms with Crippen LogP contribution in [-0.2, 0) is 16.1 Å². The van der Waals surface area contributed by atoms with E-state index in [-0.39, 0.29) is 17.9 Å². The minimum atomic E-state index is -0.00216. The van der Waals surface area contributed by atoms with Crippen LogP contribution in [0.4, 0.5) is 5.69 Å². The molecule has 1 unspecified atom stereocenters. The molecule has 0 spiro atoms. The minimum Gasteiger partial charge on any atom is -0.334 e. The third-order valence-corrected chi connectivity index (χ3v) is 6.70. The minimum absolute atomic E-state index is 0.00216. The summed E-state index contributed by atoms with van der Waals surface area (Å²) in [6.07, 6.45) is 12.8. The van der Waals surface area contributed by atoms with Gasteiger partial charge in [-0.25, -0.2) is 0 Å². The van der Waals surface area contributed by atoms with Crippen molar-refractivity contribution < 1.29 is 9.59 Å². The Bertz CT molecular complexity index is 864. The number of aromatic nitrogens is 2. The molecule has 1 fully saturated rings. The number of hydrogen-bond acceptors (Lipinski definition) is 3. The van der Waals surface area contributed by atoms with Crippen LogP contribution in [0.2, 0.25) is 0 Å². The van der Waals surface area contributed by atoms with Crippen molar-refractivity contribution in [1.82, 2.24) is 14.7 Å². The molecule has 1 saturated heterocycles. The topological polar surface area (TPSA) is 67.2 Å². The second-order valence-corrected chi connectivity index (χ2v) is 8.78. The van der Waals surface area contributed by atoms with Gasteiger partial charge < -0.3 is 10.2 Å². The first-order valence-electron chi connectivity index (χ1n) is 11.0. The van der Waals surface area contributed by atoms with Crippen LogP contribution < -0.4 is 5.32 Å². The first kappa shape index (κ1) is 19.9. The molecule has 1 aliphatic heterocycles. The molecule has 0 saturated carbocycles. The smallest absolute Gasteiger partial charge is 0.251 e. The highest BCUT2D eigenvalue weighted by Crippen LogP contribution is 2.30. The lowest BCUT2D eigenvalue weighted by atomic mass is 10.00. The standard InChI is InChI=1S/C23H32N4O2/c1-16-7-5-10-20(16)22(28)25-18-13-24-26(14-18)15-19-9-3-4-12-27(19)23(29)21-11-6-8-17(21)2/h13-14,19H,3-12,15H2,1-2H3,(H,25,28). The van der Waals surface area contributed by atoms with E-state index in [9.17, 15) is 9.59 Å². The Hall–Kier alpha value is -2.37. The number of carbonyl (C=O) groups is 2. The maximum Gasteiger partial charge on any atom is 0.251 e. The average molecular weight is 397 g/mol. The van der Waals surface area contributed by atoms with Crippen LogP contribution in [0.15, 0.2) is 34.7 Å². The maximum atomic E-state index is 13.1. The number of rotatable bonds is 5. The van der Waals surface area contributed by atoms with E-state index < -0.39 is 0 Å². The lowest BCUT2D eigenvalue weighted by Crippen LogP contribution is -2.46. The van der Waals surface area contributed by atoms with Gasteiger partial charge in [0.2, 0.25) is 5.91 Å². The number of hydrogen-bond donors (Lipinski definition) is 1. The van der Waals surface area contributed by atoms with Crippen LogP contribution in [0.25, 0.3) is 0 Å². The average Bonchev–Trinajstić information content (AvgIpc) is 3.43. The summed E-state index contributed by atoms with van der Waals surface area (Å²) in [4.78, 5) is 27.7. The van der Waals surface area contributed by atoms with Crippen LogP contribution in [0, 0.1) is 0 Å². The van der Waals surface area contributed by atoms with Gasteiger partial charge in [-0.3, -0.25) is 14.3 Å². The second kappa shape index (κ2) is 8.56. The molecule has 2 heterocycles. The van der Waals surface area contributed by atoms with Gasteiger partial charge >= 0.3 is 0 Å². The predicted molar refractivity (Wildman–Crippen MR) is 113 cm³/mol. The van der Waals surface area contributed by atoms with Gasteiger partial charge in [-0.2, -0.15) is 5.10 Å². The van der Waals surface area contributed by atoms with Crippen LogP contribution in [0.1, 0.15) is 71.6 Å². The molecule has 0 bridgehead atoms. The number of piperidine rings is 1. The third kappa shape index (κ3) is 4.31.